The quantitative estimate of drug-likeness (QED) is 0.835. The van der Waals surface area contributed by atoms with Gasteiger partial charge in [-0.05, 0) is 31.5 Å². The predicted molar refractivity (Wildman–Crippen MR) is 84.8 cm³/mol. The topological polar surface area (TPSA) is 29.1 Å². The Morgan fingerprint density at radius 3 is 2.64 bits per heavy atom. The Morgan fingerprint density at radius 1 is 1.23 bits per heavy atom. The molecule has 22 heavy (non-hydrogen) atoms. The van der Waals surface area contributed by atoms with Gasteiger partial charge in [0.05, 0.1) is 11.8 Å². The van der Waals surface area contributed by atoms with Crippen LogP contribution in [0.15, 0.2) is 47.4 Å². The van der Waals surface area contributed by atoms with E-state index in [4.69, 9.17) is 0 Å². The number of carbonyl (C=O) groups is 1. The predicted octanol–water partition coefficient (Wildman–Crippen LogP) is 4.24. The maximum Gasteiger partial charge on any atom is 0.230 e. The second-order valence-electron chi connectivity index (χ2n) is 5.01. The summed E-state index contributed by atoms with van der Waals surface area (Å²) in [5, 5.41) is 2.72. The van der Waals surface area contributed by atoms with E-state index in [0.717, 1.165) is 16.5 Å². The van der Waals surface area contributed by atoms with Gasteiger partial charge in [-0.2, -0.15) is 0 Å². The minimum atomic E-state index is -0.653. The lowest BCUT2D eigenvalue weighted by Crippen LogP contribution is -2.28. The fourth-order valence-corrected chi connectivity index (χ4v) is 2.92. The van der Waals surface area contributed by atoms with Crippen LogP contribution in [0.25, 0.3) is 0 Å². The van der Waals surface area contributed by atoms with Gasteiger partial charge in [0.15, 0.2) is 0 Å². The van der Waals surface area contributed by atoms with Crippen LogP contribution in [0.1, 0.15) is 24.1 Å². The van der Waals surface area contributed by atoms with Crippen LogP contribution in [0.2, 0.25) is 0 Å². The molecule has 0 heterocycles. The van der Waals surface area contributed by atoms with Gasteiger partial charge in [0, 0.05) is 16.5 Å². The second kappa shape index (κ2) is 7.40. The number of hydrogen-bond donors (Lipinski definition) is 1. The van der Waals surface area contributed by atoms with E-state index in [1.54, 1.807) is 6.92 Å². The van der Waals surface area contributed by atoms with E-state index in [1.807, 2.05) is 31.2 Å². The molecule has 1 N–H and O–H groups in total. The van der Waals surface area contributed by atoms with E-state index in [9.17, 15) is 13.6 Å². The molecule has 1 atom stereocenters. The van der Waals surface area contributed by atoms with Crippen LogP contribution in [0.3, 0.4) is 0 Å². The van der Waals surface area contributed by atoms with Crippen molar-refractivity contribution in [1.82, 2.24) is 5.32 Å². The van der Waals surface area contributed by atoms with Crippen molar-refractivity contribution in [3.05, 3.63) is 65.2 Å². The Labute approximate surface area is 132 Å². The number of aryl methyl sites for hydroxylation is 1. The van der Waals surface area contributed by atoms with Crippen molar-refractivity contribution in [2.24, 2.45) is 0 Å². The molecule has 0 saturated carbocycles. The highest BCUT2D eigenvalue weighted by molar-refractivity contribution is 8.00. The monoisotopic (exact) mass is 321 g/mol. The molecule has 116 valence electrons. The average Bonchev–Trinajstić information content (AvgIpc) is 2.46. The molecule has 0 spiro atoms. The van der Waals surface area contributed by atoms with Gasteiger partial charge in [0.2, 0.25) is 5.91 Å². The normalized spacial score (nSPS) is 12.0. The van der Waals surface area contributed by atoms with Gasteiger partial charge >= 0.3 is 0 Å². The molecule has 0 aromatic heterocycles. The van der Waals surface area contributed by atoms with E-state index in [0.29, 0.717) is 0 Å². The van der Waals surface area contributed by atoms with Crippen molar-refractivity contribution < 1.29 is 13.6 Å². The molecule has 0 aliphatic carbocycles. The van der Waals surface area contributed by atoms with Gasteiger partial charge in [-0.1, -0.05) is 24.3 Å². The lowest BCUT2D eigenvalue weighted by molar-refractivity contribution is -0.119. The van der Waals surface area contributed by atoms with E-state index in [-0.39, 0.29) is 17.2 Å². The zero-order chi connectivity index (χ0) is 16.1. The lowest BCUT2D eigenvalue weighted by Gasteiger charge is -2.15. The molecular formula is C17H17F2NOS. The second-order valence-corrected chi connectivity index (χ2v) is 6.03. The van der Waals surface area contributed by atoms with Gasteiger partial charge in [0.1, 0.15) is 11.6 Å². The third-order valence-electron chi connectivity index (χ3n) is 3.26. The molecule has 2 aromatic rings. The Kier molecular flexibility index (Phi) is 5.55. The molecule has 0 fully saturated rings. The van der Waals surface area contributed by atoms with Crippen LogP contribution in [-0.2, 0) is 4.79 Å². The number of carbonyl (C=O) groups excluding carboxylic acids is 1. The summed E-state index contributed by atoms with van der Waals surface area (Å²) in [6.45, 7) is 3.66. The Bertz CT molecular complexity index is 675. The van der Waals surface area contributed by atoms with Crippen molar-refractivity contribution in [3.8, 4) is 0 Å². The van der Waals surface area contributed by atoms with Gasteiger partial charge < -0.3 is 5.32 Å². The first-order valence-corrected chi connectivity index (χ1v) is 7.88. The van der Waals surface area contributed by atoms with Crippen LogP contribution in [0, 0.1) is 18.6 Å². The van der Waals surface area contributed by atoms with Crippen LogP contribution >= 0.6 is 11.8 Å². The van der Waals surface area contributed by atoms with E-state index >= 15 is 0 Å². The number of benzene rings is 2. The number of rotatable bonds is 5. The van der Waals surface area contributed by atoms with Crippen LogP contribution in [-0.4, -0.2) is 11.7 Å². The highest BCUT2D eigenvalue weighted by atomic mass is 32.2. The molecular weight excluding hydrogens is 304 g/mol. The molecule has 0 saturated heterocycles. The summed E-state index contributed by atoms with van der Waals surface area (Å²) in [6.07, 6.45) is 0. The van der Waals surface area contributed by atoms with Gasteiger partial charge in [-0.15, -0.1) is 11.8 Å². The zero-order valence-corrected chi connectivity index (χ0v) is 13.2. The van der Waals surface area contributed by atoms with Crippen molar-refractivity contribution >= 4 is 17.7 Å². The molecule has 5 heteroatoms. The lowest BCUT2D eigenvalue weighted by atomic mass is 10.1. The third kappa shape index (κ3) is 4.31. The number of thioether (sulfide) groups is 1. The summed E-state index contributed by atoms with van der Waals surface area (Å²) in [5.41, 5.74) is 1.38. The number of hydrogen-bond acceptors (Lipinski definition) is 2. The minimum Gasteiger partial charge on any atom is -0.349 e. The summed E-state index contributed by atoms with van der Waals surface area (Å²) in [6, 6.07) is 10.6. The smallest absolute Gasteiger partial charge is 0.230 e. The first-order valence-electron chi connectivity index (χ1n) is 6.90. The van der Waals surface area contributed by atoms with Crippen molar-refractivity contribution in [2.45, 2.75) is 24.8 Å². The van der Waals surface area contributed by atoms with E-state index in [1.165, 1.54) is 23.9 Å². The van der Waals surface area contributed by atoms with Gasteiger partial charge in [-0.3, -0.25) is 4.79 Å². The fraction of sp³-hybridized carbons (Fsp3) is 0.235. The molecule has 0 bridgehead atoms. The summed E-state index contributed by atoms with van der Waals surface area (Å²) in [5.74, 6) is -1.23. The Hall–Kier alpha value is -1.88. The maximum atomic E-state index is 13.7. The van der Waals surface area contributed by atoms with Crippen LogP contribution in [0.4, 0.5) is 8.78 Å². The first-order chi connectivity index (χ1) is 10.5. The highest BCUT2D eigenvalue weighted by Gasteiger charge is 2.14. The Balaban J connectivity index is 1.93. The van der Waals surface area contributed by atoms with Crippen LogP contribution in [0.5, 0.6) is 0 Å². The number of halogens is 2. The number of amides is 1. The van der Waals surface area contributed by atoms with E-state index < -0.39 is 17.7 Å². The molecule has 0 aliphatic heterocycles. The highest BCUT2D eigenvalue weighted by Crippen LogP contribution is 2.22. The zero-order valence-electron chi connectivity index (χ0n) is 12.4. The van der Waals surface area contributed by atoms with Crippen molar-refractivity contribution in [1.29, 1.82) is 0 Å². The third-order valence-corrected chi connectivity index (χ3v) is 4.43. The molecule has 0 aliphatic rings. The number of nitrogens with one attached hydrogen (secondary N) is 1. The Morgan fingerprint density at radius 2 is 1.95 bits per heavy atom. The summed E-state index contributed by atoms with van der Waals surface area (Å²) in [4.78, 5) is 13.0. The maximum absolute atomic E-state index is 13.7. The molecule has 2 nitrogen and oxygen atoms in total. The SMILES string of the molecule is Cc1ccccc1SCC(=O)N[C@H](C)c1ccc(F)cc1F. The summed E-state index contributed by atoms with van der Waals surface area (Å²) in [7, 11) is 0. The van der Waals surface area contributed by atoms with Gasteiger partial charge in [-0.25, -0.2) is 8.78 Å². The average molecular weight is 321 g/mol. The van der Waals surface area contributed by atoms with Crippen molar-refractivity contribution in [2.75, 3.05) is 5.75 Å². The van der Waals surface area contributed by atoms with Crippen molar-refractivity contribution in [3.63, 3.8) is 0 Å². The molecule has 1 amide bonds. The first kappa shape index (κ1) is 16.5. The standard InChI is InChI=1S/C17H17F2NOS/c1-11-5-3-4-6-16(11)22-10-17(21)20-12(2)14-8-7-13(18)9-15(14)19/h3-9,12H,10H2,1-2H3,(H,20,21)/t12-/m1/s1. The summed E-state index contributed by atoms with van der Waals surface area (Å²) >= 11 is 1.43. The fourth-order valence-electron chi connectivity index (χ4n) is 2.08. The largest absolute Gasteiger partial charge is 0.349 e. The van der Waals surface area contributed by atoms with Crippen LogP contribution < -0.4 is 5.32 Å². The van der Waals surface area contributed by atoms with E-state index in [2.05, 4.69) is 5.32 Å². The molecule has 0 unspecified atom stereocenters. The molecule has 2 aromatic carbocycles. The van der Waals surface area contributed by atoms with Gasteiger partial charge in [0.25, 0.3) is 0 Å². The molecule has 2 rings (SSSR count). The minimum absolute atomic E-state index is 0.190. The molecule has 0 radical (unpaired) electrons. The summed E-state index contributed by atoms with van der Waals surface area (Å²) < 4.78 is 26.5.